The standard InChI is InChI=1S/C10H10F3NO.ClH/c11-10(12,13)8-4-2-1-3-7(8)9-14-5-6-15-9;/h1-4,9,14H,5-6H2;1H. The Morgan fingerprint density at radius 3 is 2.50 bits per heavy atom. The summed E-state index contributed by atoms with van der Waals surface area (Å²) in [5.41, 5.74) is -0.480. The molecule has 0 aliphatic carbocycles. The molecule has 0 radical (unpaired) electrons. The van der Waals surface area contributed by atoms with Crippen molar-refractivity contribution in [1.29, 1.82) is 0 Å². The molecule has 2 rings (SSSR count). The molecule has 0 amide bonds. The van der Waals surface area contributed by atoms with E-state index < -0.39 is 18.0 Å². The highest BCUT2D eigenvalue weighted by molar-refractivity contribution is 5.85. The van der Waals surface area contributed by atoms with Gasteiger partial charge in [0.1, 0.15) is 6.23 Å². The smallest absolute Gasteiger partial charge is 0.358 e. The van der Waals surface area contributed by atoms with Gasteiger partial charge in [0.15, 0.2) is 0 Å². The maximum absolute atomic E-state index is 12.6. The zero-order valence-corrected chi connectivity index (χ0v) is 9.07. The molecule has 6 heteroatoms. The lowest BCUT2D eigenvalue weighted by molar-refractivity contribution is -0.139. The normalized spacial score (nSPS) is 20.6. The summed E-state index contributed by atoms with van der Waals surface area (Å²) in [6.45, 7) is 1.02. The van der Waals surface area contributed by atoms with Crippen LogP contribution >= 0.6 is 12.4 Å². The summed E-state index contributed by atoms with van der Waals surface area (Å²) in [5, 5.41) is 2.86. The van der Waals surface area contributed by atoms with Crippen LogP contribution in [0.5, 0.6) is 0 Å². The number of benzene rings is 1. The molecule has 1 N–H and O–H groups in total. The molecule has 1 aromatic carbocycles. The number of hydrogen-bond acceptors (Lipinski definition) is 2. The molecular formula is C10H11ClF3NO. The lowest BCUT2D eigenvalue weighted by atomic mass is 10.1. The molecule has 1 heterocycles. The van der Waals surface area contributed by atoms with Gasteiger partial charge < -0.3 is 4.74 Å². The second-order valence-electron chi connectivity index (χ2n) is 3.29. The summed E-state index contributed by atoms with van der Waals surface area (Å²) in [7, 11) is 0. The van der Waals surface area contributed by atoms with E-state index in [0.717, 1.165) is 6.07 Å². The molecule has 90 valence electrons. The monoisotopic (exact) mass is 253 g/mol. The van der Waals surface area contributed by atoms with Gasteiger partial charge in [0, 0.05) is 12.1 Å². The Morgan fingerprint density at radius 2 is 1.94 bits per heavy atom. The Kier molecular flexibility index (Phi) is 4.18. The number of ether oxygens (including phenoxy) is 1. The zero-order chi connectivity index (χ0) is 10.9. The maximum Gasteiger partial charge on any atom is 0.416 e. The SMILES string of the molecule is Cl.FC(F)(F)c1ccccc1C1NCCO1. The Bertz CT molecular complexity index is 350. The highest BCUT2D eigenvalue weighted by atomic mass is 35.5. The predicted molar refractivity (Wildman–Crippen MR) is 55.4 cm³/mol. The van der Waals surface area contributed by atoms with Gasteiger partial charge in [-0.15, -0.1) is 12.4 Å². The maximum atomic E-state index is 12.6. The second kappa shape index (κ2) is 5.03. The Morgan fingerprint density at radius 1 is 1.25 bits per heavy atom. The van der Waals surface area contributed by atoms with Gasteiger partial charge in [-0.2, -0.15) is 13.2 Å². The van der Waals surface area contributed by atoms with Crippen molar-refractivity contribution in [3.8, 4) is 0 Å². The zero-order valence-electron chi connectivity index (χ0n) is 8.25. The first-order chi connectivity index (χ1) is 7.09. The summed E-state index contributed by atoms with van der Waals surface area (Å²) in [6.07, 6.45) is -4.97. The van der Waals surface area contributed by atoms with Crippen LogP contribution < -0.4 is 5.32 Å². The van der Waals surface area contributed by atoms with E-state index in [1.54, 1.807) is 6.07 Å². The number of rotatable bonds is 1. The summed E-state index contributed by atoms with van der Waals surface area (Å²) >= 11 is 0. The number of hydrogen-bond donors (Lipinski definition) is 1. The first-order valence-corrected chi connectivity index (χ1v) is 4.60. The minimum absolute atomic E-state index is 0. The Hall–Kier alpha value is -0.780. The van der Waals surface area contributed by atoms with Crippen molar-refractivity contribution in [3.63, 3.8) is 0 Å². The van der Waals surface area contributed by atoms with E-state index in [4.69, 9.17) is 4.74 Å². The minimum Gasteiger partial charge on any atom is -0.358 e. The Balaban J connectivity index is 0.00000128. The fourth-order valence-electron chi connectivity index (χ4n) is 1.61. The van der Waals surface area contributed by atoms with Gasteiger partial charge in [-0.1, -0.05) is 18.2 Å². The van der Waals surface area contributed by atoms with E-state index in [0.29, 0.717) is 13.2 Å². The van der Waals surface area contributed by atoms with E-state index in [1.807, 2.05) is 0 Å². The fourth-order valence-corrected chi connectivity index (χ4v) is 1.61. The lowest BCUT2D eigenvalue weighted by Gasteiger charge is -2.16. The third-order valence-corrected chi connectivity index (χ3v) is 2.26. The molecule has 0 spiro atoms. The molecule has 0 aromatic heterocycles. The first kappa shape index (κ1) is 13.3. The van der Waals surface area contributed by atoms with Crippen LogP contribution in [0.1, 0.15) is 17.4 Å². The van der Waals surface area contributed by atoms with E-state index in [9.17, 15) is 13.2 Å². The molecular weight excluding hydrogens is 243 g/mol. The molecule has 1 saturated heterocycles. The van der Waals surface area contributed by atoms with Crippen molar-refractivity contribution < 1.29 is 17.9 Å². The van der Waals surface area contributed by atoms with Gasteiger partial charge in [-0.25, -0.2) is 0 Å². The molecule has 0 bridgehead atoms. The van der Waals surface area contributed by atoms with Gasteiger partial charge in [0.05, 0.1) is 12.2 Å². The van der Waals surface area contributed by atoms with Crippen LogP contribution in [0.4, 0.5) is 13.2 Å². The molecule has 16 heavy (non-hydrogen) atoms. The summed E-state index contributed by atoms with van der Waals surface area (Å²) < 4.78 is 43.0. The van der Waals surface area contributed by atoms with Gasteiger partial charge in [0.25, 0.3) is 0 Å². The molecule has 0 saturated carbocycles. The van der Waals surface area contributed by atoms with Crippen LogP contribution in [0.2, 0.25) is 0 Å². The van der Waals surface area contributed by atoms with Crippen LogP contribution in [0.25, 0.3) is 0 Å². The van der Waals surface area contributed by atoms with Gasteiger partial charge in [-0.3, -0.25) is 5.32 Å². The van der Waals surface area contributed by atoms with Crippen molar-refractivity contribution in [3.05, 3.63) is 35.4 Å². The van der Waals surface area contributed by atoms with E-state index in [1.165, 1.54) is 12.1 Å². The van der Waals surface area contributed by atoms with Crippen LogP contribution in [-0.4, -0.2) is 13.2 Å². The largest absolute Gasteiger partial charge is 0.416 e. The second-order valence-corrected chi connectivity index (χ2v) is 3.29. The van der Waals surface area contributed by atoms with Crippen molar-refractivity contribution in [2.24, 2.45) is 0 Å². The molecule has 1 aromatic rings. The van der Waals surface area contributed by atoms with Gasteiger partial charge in [-0.05, 0) is 6.07 Å². The highest BCUT2D eigenvalue weighted by Gasteiger charge is 2.35. The average molecular weight is 254 g/mol. The Labute approximate surface area is 97.2 Å². The average Bonchev–Trinajstić information content (AvgIpc) is 2.69. The molecule has 1 fully saturated rings. The molecule has 2 nitrogen and oxygen atoms in total. The number of halogens is 4. The van der Waals surface area contributed by atoms with Crippen LogP contribution in [0.3, 0.4) is 0 Å². The highest BCUT2D eigenvalue weighted by Crippen LogP contribution is 2.35. The van der Waals surface area contributed by atoms with E-state index >= 15 is 0 Å². The van der Waals surface area contributed by atoms with Crippen molar-refractivity contribution >= 4 is 12.4 Å². The van der Waals surface area contributed by atoms with Crippen molar-refractivity contribution in [2.75, 3.05) is 13.2 Å². The van der Waals surface area contributed by atoms with Crippen molar-refractivity contribution in [1.82, 2.24) is 5.32 Å². The van der Waals surface area contributed by atoms with E-state index in [-0.39, 0.29) is 18.0 Å². The third-order valence-electron chi connectivity index (χ3n) is 2.26. The third kappa shape index (κ3) is 2.66. The predicted octanol–water partition coefficient (Wildman–Crippen LogP) is 2.75. The van der Waals surface area contributed by atoms with Crippen LogP contribution in [0, 0.1) is 0 Å². The topological polar surface area (TPSA) is 21.3 Å². The summed E-state index contributed by atoms with van der Waals surface area (Å²) in [4.78, 5) is 0. The van der Waals surface area contributed by atoms with Crippen LogP contribution in [-0.2, 0) is 10.9 Å². The minimum atomic E-state index is -4.33. The molecule has 1 unspecified atom stereocenters. The van der Waals surface area contributed by atoms with Gasteiger partial charge >= 0.3 is 6.18 Å². The molecule has 1 atom stereocenters. The van der Waals surface area contributed by atoms with E-state index in [2.05, 4.69) is 5.32 Å². The summed E-state index contributed by atoms with van der Waals surface area (Å²) in [5.74, 6) is 0. The van der Waals surface area contributed by atoms with Crippen molar-refractivity contribution in [2.45, 2.75) is 12.4 Å². The lowest BCUT2D eigenvalue weighted by Crippen LogP contribution is -2.19. The first-order valence-electron chi connectivity index (χ1n) is 4.60. The summed E-state index contributed by atoms with van der Waals surface area (Å²) in [6, 6.07) is 5.46. The number of alkyl halides is 3. The van der Waals surface area contributed by atoms with Crippen LogP contribution in [0.15, 0.2) is 24.3 Å². The number of nitrogens with one attached hydrogen (secondary N) is 1. The fraction of sp³-hybridized carbons (Fsp3) is 0.400. The van der Waals surface area contributed by atoms with Gasteiger partial charge in [0.2, 0.25) is 0 Å². The molecule has 1 aliphatic rings. The molecule has 1 aliphatic heterocycles. The quantitative estimate of drug-likeness (QED) is 0.831.